The molecule has 2 fully saturated rings. The largest absolute Gasteiger partial charge is 0.376 e. The summed E-state index contributed by atoms with van der Waals surface area (Å²) in [4.78, 5) is 4.31. The van der Waals surface area contributed by atoms with Gasteiger partial charge in [0.05, 0.1) is 18.7 Å². The van der Waals surface area contributed by atoms with E-state index >= 15 is 0 Å². The zero-order valence-electron chi connectivity index (χ0n) is 8.78. The normalized spacial score (nSPS) is 43.7. The molecule has 4 atom stereocenters. The van der Waals surface area contributed by atoms with E-state index in [1.54, 1.807) is 0 Å². The van der Waals surface area contributed by atoms with Crippen molar-refractivity contribution in [1.82, 2.24) is 10.6 Å². The lowest BCUT2D eigenvalue weighted by Gasteiger charge is -2.52. The average molecular weight is 210 g/mol. The Labute approximate surface area is 89.5 Å². The predicted molar refractivity (Wildman–Crippen MR) is 57.7 cm³/mol. The monoisotopic (exact) mass is 210 g/mol. The highest BCUT2D eigenvalue weighted by Gasteiger charge is 2.50. The molecule has 4 N–H and O–H groups in total. The van der Waals surface area contributed by atoms with E-state index in [9.17, 15) is 0 Å². The first-order valence-electron chi connectivity index (χ1n) is 5.78. The van der Waals surface area contributed by atoms with Crippen LogP contribution in [0.5, 0.6) is 0 Å². The van der Waals surface area contributed by atoms with Crippen molar-refractivity contribution < 1.29 is 4.74 Å². The molecular formula is C10H18N4O. The lowest BCUT2D eigenvalue weighted by molar-refractivity contribution is -0.115. The fourth-order valence-corrected chi connectivity index (χ4v) is 2.78. The summed E-state index contributed by atoms with van der Waals surface area (Å²) in [6.07, 6.45) is 2.67. The number of aliphatic imine (C=N–C) groups is 1. The average Bonchev–Trinajstić information content (AvgIpc) is 2.78. The molecule has 3 aliphatic rings. The summed E-state index contributed by atoms with van der Waals surface area (Å²) in [5.74, 6) is 1.45. The number of nitrogens with zero attached hydrogens (tertiary/aromatic N) is 1. The molecule has 0 radical (unpaired) electrons. The van der Waals surface area contributed by atoms with Crippen LogP contribution in [0.3, 0.4) is 0 Å². The summed E-state index contributed by atoms with van der Waals surface area (Å²) in [6.45, 7) is 2.67. The second-order valence-electron chi connectivity index (χ2n) is 4.55. The van der Waals surface area contributed by atoms with Crippen molar-refractivity contribution in [3.05, 3.63) is 0 Å². The quantitative estimate of drug-likeness (QED) is 0.521. The van der Waals surface area contributed by atoms with Gasteiger partial charge in [-0.1, -0.05) is 0 Å². The van der Waals surface area contributed by atoms with Gasteiger partial charge in [-0.2, -0.15) is 0 Å². The van der Waals surface area contributed by atoms with E-state index in [0.717, 1.165) is 32.1 Å². The van der Waals surface area contributed by atoms with Crippen LogP contribution in [0.4, 0.5) is 0 Å². The van der Waals surface area contributed by atoms with Gasteiger partial charge in [-0.3, -0.25) is 4.99 Å². The molecule has 0 amide bonds. The third kappa shape index (κ3) is 1.50. The molecule has 0 bridgehead atoms. The van der Waals surface area contributed by atoms with Gasteiger partial charge in [-0.15, -0.1) is 0 Å². The molecule has 15 heavy (non-hydrogen) atoms. The Morgan fingerprint density at radius 1 is 1.53 bits per heavy atom. The first kappa shape index (κ1) is 9.42. The number of ether oxygens (including phenoxy) is 1. The van der Waals surface area contributed by atoms with Gasteiger partial charge in [0.25, 0.3) is 0 Å². The van der Waals surface area contributed by atoms with Crippen LogP contribution < -0.4 is 16.4 Å². The highest BCUT2D eigenvalue weighted by Crippen LogP contribution is 2.36. The maximum absolute atomic E-state index is 6.13. The summed E-state index contributed by atoms with van der Waals surface area (Å²) < 4.78 is 5.74. The lowest BCUT2D eigenvalue weighted by atomic mass is 9.69. The number of guanidine groups is 1. The zero-order valence-corrected chi connectivity index (χ0v) is 8.78. The van der Waals surface area contributed by atoms with Gasteiger partial charge in [0, 0.05) is 25.1 Å². The second-order valence-corrected chi connectivity index (χ2v) is 4.55. The number of nitrogens with two attached hydrogens (primary N) is 1. The van der Waals surface area contributed by atoms with Crippen molar-refractivity contribution in [2.24, 2.45) is 16.6 Å². The first-order chi connectivity index (χ1) is 7.36. The molecule has 0 spiro atoms. The summed E-state index contributed by atoms with van der Waals surface area (Å²) in [6, 6.07) is 0.472. The highest BCUT2D eigenvalue weighted by atomic mass is 16.5. The molecule has 3 rings (SSSR count). The molecular weight excluding hydrogens is 192 g/mol. The Morgan fingerprint density at radius 2 is 2.47 bits per heavy atom. The molecule has 1 saturated heterocycles. The SMILES string of the molecule is NC1C2CCCOC2C1NC1=NCCN1. The van der Waals surface area contributed by atoms with E-state index in [4.69, 9.17) is 10.5 Å². The van der Waals surface area contributed by atoms with Gasteiger partial charge in [-0.25, -0.2) is 0 Å². The summed E-state index contributed by atoms with van der Waals surface area (Å²) in [5.41, 5.74) is 6.13. The van der Waals surface area contributed by atoms with E-state index in [0.29, 0.717) is 12.0 Å². The number of nitrogens with one attached hydrogen (secondary N) is 2. The molecule has 84 valence electrons. The Bertz CT molecular complexity index is 281. The summed E-state index contributed by atoms with van der Waals surface area (Å²) in [7, 11) is 0. The van der Waals surface area contributed by atoms with Crippen molar-refractivity contribution in [1.29, 1.82) is 0 Å². The van der Waals surface area contributed by atoms with E-state index in [1.807, 2.05) is 0 Å². The van der Waals surface area contributed by atoms with Crippen LogP contribution in [0.1, 0.15) is 12.8 Å². The van der Waals surface area contributed by atoms with E-state index in [2.05, 4.69) is 15.6 Å². The summed E-state index contributed by atoms with van der Waals surface area (Å²) in [5, 5.41) is 6.55. The number of hydrogen-bond acceptors (Lipinski definition) is 5. The van der Waals surface area contributed by atoms with Crippen molar-refractivity contribution in [3.8, 4) is 0 Å². The van der Waals surface area contributed by atoms with E-state index in [-0.39, 0.29) is 12.1 Å². The van der Waals surface area contributed by atoms with Gasteiger partial charge in [0.2, 0.25) is 0 Å². The van der Waals surface area contributed by atoms with Crippen LogP contribution in [-0.2, 0) is 4.74 Å². The third-order valence-electron chi connectivity index (χ3n) is 3.65. The molecule has 2 aliphatic heterocycles. The Morgan fingerprint density at radius 3 is 3.27 bits per heavy atom. The predicted octanol–water partition coefficient (Wildman–Crippen LogP) is -0.960. The van der Waals surface area contributed by atoms with Crippen molar-refractivity contribution in [2.75, 3.05) is 19.7 Å². The van der Waals surface area contributed by atoms with Crippen LogP contribution in [0.2, 0.25) is 0 Å². The van der Waals surface area contributed by atoms with Gasteiger partial charge in [-0.05, 0) is 12.8 Å². The smallest absolute Gasteiger partial charge is 0.191 e. The molecule has 4 unspecified atom stereocenters. The van der Waals surface area contributed by atoms with Crippen molar-refractivity contribution in [3.63, 3.8) is 0 Å². The molecule has 0 aromatic rings. The third-order valence-corrected chi connectivity index (χ3v) is 3.65. The first-order valence-corrected chi connectivity index (χ1v) is 5.78. The maximum Gasteiger partial charge on any atom is 0.191 e. The van der Waals surface area contributed by atoms with Crippen LogP contribution in [-0.4, -0.2) is 43.8 Å². The Hall–Kier alpha value is -0.810. The molecule has 1 saturated carbocycles. The van der Waals surface area contributed by atoms with Crippen LogP contribution in [0.15, 0.2) is 4.99 Å². The number of fused-ring (bicyclic) bond motifs is 1. The standard InChI is InChI=1S/C10H18N4O/c11-7-6-2-1-5-15-9(6)8(7)14-10-12-3-4-13-10/h6-9H,1-5,11H2,(H2,12,13,14). The number of rotatable bonds is 1. The van der Waals surface area contributed by atoms with Crippen LogP contribution in [0, 0.1) is 5.92 Å². The number of hydrogen-bond donors (Lipinski definition) is 3. The fraction of sp³-hybridized carbons (Fsp3) is 0.900. The minimum atomic E-state index is 0.223. The second kappa shape index (κ2) is 3.64. The van der Waals surface area contributed by atoms with Crippen molar-refractivity contribution in [2.45, 2.75) is 31.0 Å². The minimum absolute atomic E-state index is 0.223. The molecule has 5 heteroatoms. The van der Waals surface area contributed by atoms with E-state index in [1.165, 1.54) is 6.42 Å². The molecule has 0 aromatic heterocycles. The zero-order chi connectivity index (χ0) is 10.3. The van der Waals surface area contributed by atoms with E-state index < -0.39 is 0 Å². The van der Waals surface area contributed by atoms with Crippen LogP contribution in [0.25, 0.3) is 0 Å². The summed E-state index contributed by atoms with van der Waals surface area (Å²) >= 11 is 0. The lowest BCUT2D eigenvalue weighted by Crippen LogP contribution is -2.72. The van der Waals surface area contributed by atoms with Gasteiger partial charge >= 0.3 is 0 Å². The fourth-order valence-electron chi connectivity index (χ4n) is 2.78. The highest BCUT2D eigenvalue weighted by molar-refractivity contribution is 5.81. The maximum atomic E-state index is 6.13. The molecule has 0 aromatic carbocycles. The molecule has 2 heterocycles. The molecule has 5 nitrogen and oxygen atoms in total. The minimum Gasteiger partial charge on any atom is -0.376 e. The Balaban J connectivity index is 1.61. The van der Waals surface area contributed by atoms with Gasteiger partial charge < -0.3 is 21.1 Å². The Kier molecular flexibility index (Phi) is 2.29. The van der Waals surface area contributed by atoms with Crippen LogP contribution >= 0.6 is 0 Å². The van der Waals surface area contributed by atoms with Gasteiger partial charge in [0.1, 0.15) is 0 Å². The molecule has 1 aliphatic carbocycles. The van der Waals surface area contributed by atoms with Crippen molar-refractivity contribution >= 4 is 5.96 Å². The van der Waals surface area contributed by atoms with Gasteiger partial charge in [0.15, 0.2) is 5.96 Å². The topological polar surface area (TPSA) is 71.7 Å².